The van der Waals surface area contributed by atoms with E-state index in [9.17, 15) is 9.59 Å². The van der Waals surface area contributed by atoms with Crippen molar-refractivity contribution in [2.45, 2.75) is 20.3 Å². The van der Waals surface area contributed by atoms with E-state index in [4.69, 9.17) is 4.74 Å². The highest BCUT2D eigenvalue weighted by molar-refractivity contribution is 9.10. The van der Waals surface area contributed by atoms with Crippen molar-refractivity contribution in [1.29, 1.82) is 0 Å². The van der Waals surface area contributed by atoms with Crippen LogP contribution in [0.2, 0.25) is 0 Å². The molecule has 1 atom stereocenters. The van der Waals surface area contributed by atoms with E-state index < -0.39 is 0 Å². The van der Waals surface area contributed by atoms with Gasteiger partial charge in [0.1, 0.15) is 11.5 Å². The fourth-order valence-corrected chi connectivity index (χ4v) is 3.99. The van der Waals surface area contributed by atoms with Gasteiger partial charge in [-0.2, -0.15) is 0 Å². The monoisotopic (exact) mass is 478 g/mol. The fraction of sp³-hybridized carbons (Fsp3) is 0.200. The van der Waals surface area contributed by atoms with E-state index in [-0.39, 0.29) is 24.2 Å². The second-order valence-corrected chi connectivity index (χ2v) is 8.74. The Labute approximate surface area is 190 Å². The summed E-state index contributed by atoms with van der Waals surface area (Å²) in [6.45, 7) is 4.40. The molecular formula is C25H23BrN2O3. The van der Waals surface area contributed by atoms with Crippen LogP contribution >= 0.6 is 15.9 Å². The Morgan fingerprint density at radius 3 is 2.16 bits per heavy atom. The molecule has 0 bridgehead atoms. The maximum atomic E-state index is 12.8. The number of hydrogen-bond donors (Lipinski definition) is 1. The molecule has 5 nitrogen and oxygen atoms in total. The number of halogens is 1. The summed E-state index contributed by atoms with van der Waals surface area (Å²) in [5.74, 6) is 0.852. The Hall–Kier alpha value is -3.12. The van der Waals surface area contributed by atoms with Gasteiger partial charge >= 0.3 is 0 Å². The van der Waals surface area contributed by atoms with Gasteiger partial charge < -0.3 is 15.0 Å². The maximum Gasteiger partial charge on any atom is 0.229 e. The van der Waals surface area contributed by atoms with E-state index in [2.05, 4.69) is 27.3 Å². The standard InChI is InChI=1S/C25H23BrN2O3/c1-16-11-17(2)13-21(12-16)28-15-18(14-24(28)29)25(30)27-20-5-9-23(10-6-20)31-22-7-3-19(26)4-8-22/h3-13,18H,14-15H2,1-2H3,(H,27,30)/t18-/m0/s1. The van der Waals surface area contributed by atoms with Crippen molar-refractivity contribution >= 4 is 39.1 Å². The summed E-state index contributed by atoms with van der Waals surface area (Å²) < 4.78 is 6.79. The maximum absolute atomic E-state index is 12.8. The molecule has 1 N–H and O–H groups in total. The van der Waals surface area contributed by atoms with Gasteiger partial charge in [-0.3, -0.25) is 9.59 Å². The zero-order chi connectivity index (χ0) is 22.0. The molecule has 2 amide bonds. The SMILES string of the molecule is Cc1cc(C)cc(N2C[C@@H](C(=O)Nc3ccc(Oc4ccc(Br)cc4)cc3)CC2=O)c1. The molecule has 4 rings (SSSR count). The highest BCUT2D eigenvalue weighted by Crippen LogP contribution is 2.29. The first-order valence-electron chi connectivity index (χ1n) is 10.1. The third-order valence-corrected chi connectivity index (χ3v) is 5.71. The first kappa shape index (κ1) is 21.1. The summed E-state index contributed by atoms with van der Waals surface area (Å²) in [5.41, 5.74) is 3.72. The minimum Gasteiger partial charge on any atom is -0.457 e. The summed E-state index contributed by atoms with van der Waals surface area (Å²) in [6.07, 6.45) is 0.212. The quantitative estimate of drug-likeness (QED) is 0.500. The number of anilines is 2. The molecule has 0 spiro atoms. The number of carbonyl (C=O) groups is 2. The summed E-state index contributed by atoms with van der Waals surface area (Å²) >= 11 is 3.40. The molecular weight excluding hydrogens is 456 g/mol. The molecule has 0 aromatic heterocycles. The van der Waals surface area contributed by atoms with Crippen LogP contribution in [0.25, 0.3) is 0 Å². The van der Waals surface area contributed by atoms with E-state index in [1.54, 1.807) is 29.2 Å². The number of nitrogens with zero attached hydrogens (tertiary/aromatic N) is 1. The number of hydrogen-bond acceptors (Lipinski definition) is 3. The normalized spacial score (nSPS) is 15.8. The van der Waals surface area contributed by atoms with Crippen LogP contribution in [0.5, 0.6) is 11.5 Å². The van der Waals surface area contributed by atoms with Crippen molar-refractivity contribution in [3.63, 3.8) is 0 Å². The van der Waals surface area contributed by atoms with Crippen molar-refractivity contribution in [3.05, 3.63) is 82.3 Å². The van der Waals surface area contributed by atoms with Crippen LogP contribution in [0, 0.1) is 19.8 Å². The van der Waals surface area contributed by atoms with Gasteiger partial charge in [0.25, 0.3) is 0 Å². The highest BCUT2D eigenvalue weighted by Gasteiger charge is 2.35. The number of benzene rings is 3. The Balaban J connectivity index is 1.38. The number of aryl methyl sites for hydroxylation is 2. The largest absolute Gasteiger partial charge is 0.457 e. The molecule has 6 heteroatoms. The lowest BCUT2D eigenvalue weighted by molar-refractivity contribution is -0.122. The molecule has 0 saturated carbocycles. The lowest BCUT2D eigenvalue weighted by atomic mass is 10.1. The molecule has 31 heavy (non-hydrogen) atoms. The fourth-order valence-electron chi connectivity index (χ4n) is 3.73. The zero-order valence-electron chi connectivity index (χ0n) is 17.4. The molecule has 1 heterocycles. The minimum atomic E-state index is -0.382. The van der Waals surface area contributed by atoms with Crippen LogP contribution in [-0.4, -0.2) is 18.4 Å². The van der Waals surface area contributed by atoms with Gasteiger partial charge in [0.05, 0.1) is 5.92 Å². The van der Waals surface area contributed by atoms with Gasteiger partial charge in [0, 0.05) is 28.8 Å². The Morgan fingerprint density at radius 1 is 0.968 bits per heavy atom. The predicted octanol–water partition coefficient (Wildman–Crippen LogP) is 5.85. The number of nitrogens with one attached hydrogen (secondary N) is 1. The van der Waals surface area contributed by atoms with Gasteiger partial charge in [-0.25, -0.2) is 0 Å². The average molecular weight is 479 g/mol. The molecule has 0 unspecified atom stereocenters. The van der Waals surface area contributed by atoms with Crippen molar-refractivity contribution < 1.29 is 14.3 Å². The number of amides is 2. The van der Waals surface area contributed by atoms with Crippen molar-refractivity contribution in [1.82, 2.24) is 0 Å². The number of rotatable bonds is 5. The van der Waals surface area contributed by atoms with Gasteiger partial charge in [-0.1, -0.05) is 22.0 Å². The second kappa shape index (κ2) is 8.94. The van der Waals surface area contributed by atoms with Crippen molar-refractivity contribution in [2.24, 2.45) is 5.92 Å². The third kappa shape index (κ3) is 5.14. The minimum absolute atomic E-state index is 0.0246. The topological polar surface area (TPSA) is 58.6 Å². The van der Waals surface area contributed by atoms with E-state index in [0.29, 0.717) is 18.0 Å². The summed E-state index contributed by atoms with van der Waals surface area (Å²) in [5, 5.41) is 2.92. The van der Waals surface area contributed by atoms with Crippen LogP contribution in [0.4, 0.5) is 11.4 Å². The summed E-state index contributed by atoms with van der Waals surface area (Å²) in [4.78, 5) is 27.0. The van der Waals surface area contributed by atoms with Gasteiger partial charge in [0.15, 0.2) is 0 Å². The first-order chi connectivity index (χ1) is 14.9. The highest BCUT2D eigenvalue weighted by atomic mass is 79.9. The molecule has 0 radical (unpaired) electrons. The van der Waals surface area contributed by atoms with Crippen molar-refractivity contribution in [2.75, 3.05) is 16.8 Å². The van der Waals surface area contributed by atoms with Crippen LogP contribution in [-0.2, 0) is 9.59 Å². The zero-order valence-corrected chi connectivity index (χ0v) is 19.0. The van der Waals surface area contributed by atoms with Gasteiger partial charge in [0.2, 0.25) is 11.8 Å². The van der Waals surface area contributed by atoms with E-state index >= 15 is 0 Å². The molecule has 1 fully saturated rings. The summed E-state index contributed by atoms with van der Waals surface area (Å²) in [7, 11) is 0. The van der Waals surface area contributed by atoms with Gasteiger partial charge in [-0.15, -0.1) is 0 Å². The molecule has 1 aliphatic heterocycles. The Morgan fingerprint density at radius 2 is 1.55 bits per heavy atom. The van der Waals surface area contributed by atoms with E-state index in [0.717, 1.165) is 27.0 Å². The Bertz CT molecular complexity index is 1090. The molecule has 158 valence electrons. The van der Waals surface area contributed by atoms with Crippen LogP contribution in [0.3, 0.4) is 0 Å². The summed E-state index contributed by atoms with van der Waals surface area (Å²) in [6, 6.07) is 20.8. The van der Waals surface area contributed by atoms with Crippen LogP contribution in [0.1, 0.15) is 17.5 Å². The average Bonchev–Trinajstić information content (AvgIpc) is 3.12. The first-order valence-corrected chi connectivity index (χ1v) is 10.9. The lowest BCUT2D eigenvalue weighted by Crippen LogP contribution is -2.28. The molecule has 3 aromatic rings. The predicted molar refractivity (Wildman–Crippen MR) is 126 cm³/mol. The molecule has 1 aliphatic rings. The third-order valence-electron chi connectivity index (χ3n) is 5.19. The van der Waals surface area contributed by atoms with Gasteiger partial charge in [-0.05, 0) is 85.6 Å². The van der Waals surface area contributed by atoms with Crippen LogP contribution in [0.15, 0.2) is 71.2 Å². The molecule has 3 aromatic carbocycles. The number of carbonyl (C=O) groups excluding carboxylic acids is 2. The molecule has 1 saturated heterocycles. The van der Waals surface area contributed by atoms with Crippen molar-refractivity contribution in [3.8, 4) is 11.5 Å². The van der Waals surface area contributed by atoms with Crippen LogP contribution < -0.4 is 15.0 Å². The van der Waals surface area contributed by atoms with E-state index in [1.807, 2.05) is 50.2 Å². The lowest BCUT2D eigenvalue weighted by Gasteiger charge is -2.18. The number of ether oxygens (including phenoxy) is 1. The Kier molecular flexibility index (Phi) is 6.09. The van der Waals surface area contributed by atoms with E-state index in [1.165, 1.54) is 0 Å². The second-order valence-electron chi connectivity index (χ2n) is 7.82. The molecule has 0 aliphatic carbocycles. The smallest absolute Gasteiger partial charge is 0.229 e.